The summed E-state index contributed by atoms with van der Waals surface area (Å²) in [6.45, 7) is 2.11. The third-order valence-corrected chi connectivity index (χ3v) is 5.57. The summed E-state index contributed by atoms with van der Waals surface area (Å²) in [5.41, 5.74) is 2.15. The Morgan fingerprint density at radius 3 is 2.25 bits per heavy atom. The van der Waals surface area contributed by atoms with Crippen LogP contribution in [0.5, 0.6) is 11.5 Å². The van der Waals surface area contributed by atoms with Crippen molar-refractivity contribution >= 4 is 23.6 Å². The second kappa shape index (κ2) is 12.4. The molecule has 3 aromatic carbocycles. The molecule has 8 heteroatoms. The normalized spacial score (nSPS) is 14.0. The minimum Gasteiger partial charge on any atom is -0.493 e. The zero-order valence-electron chi connectivity index (χ0n) is 20.0. The molecule has 36 heavy (non-hydrogen) atoms. The van der Waals surface area contributed by atoms with Crippen molar-refractivity contribution in [1.29, 1.82) is 0 Å². The lowest BCUT2D eigenvalue weighted by Gasteiger charge is -2.26. The Labute approximate surface area is 209 Å². The summed E-state index contributed by atoms with van der Waals surface area (Å²) >= 11 is 0. The average molecular weight is 486 g/mol. The molecule has 0 aromatic heterocycles. The van der Waals surface area contributed by atoms with Gasteiger partial charge in [-0.25, -0.2) is 0 Å². The molecule has 0 bridgehead atoms. The van der Waals surface area contributed by atoms with Crippen molar-refractivity contribution in [2.24, 2.45) is 10.2 Å². The number of methoxy groups -OCH3 is 1. The topological polar surface area (TPSA) is 89.8 Å². The highest BCUT2D eigenvalue weighted by atomic mass is 16.5. The molecule has 0 aliphatic carbocycles. The molecule has 0 N–H and O–H groups in total. The van der Waals surface area contributed by atoms with Crippen molar-refractivity contribution < 1.29 is 23.8 Å². The van der Waals surface area contributed by atoms with E-state index in [1.54, 1.807) is 35.2 Å². The monoisotopic (exact) mass is 485 g/mol. The van der Waals surface area contributed by atoms with Gasteiger partial charge in [-0.1, -0.05) is 60.7 Å². The fourth-order valence-electron chi connectivity index (χ4n) is 3.64. The van der Waals surface area contributed by atoms with E-state index in [9.17, 15) is 9.59 Å². The second-order valence-electron chi connectivity index (χ2n) is 7.95. The lowest BCUT2D eigenvalue weighted by atomic mass is 10.0. The quantitative estimate of drug-likeness (QED) is 0.262. The van der Waals surface area contributed by atoms with E-state index in [0.29, 0.717) is 54.5 Å². The number of ketones is 1. The molecule has 3 aromatic rings. The fourth-order valence-corrected chi connectivity index (χ4v) is 3.64. The minimum absolute atomic E-state index is 0.0872. The second-order valence-corrected chi connectivity index (χ2v) is 7.95. The number of carbonyl (C=O) groups is 2. The van der Waals surface area contributed by atoms with Gasteiger partial charge >= 0.3 is 0 Å². The Bertz CT molecular complexity index is 1240. The lowest BCUT2D eigenvalue weighted by Crippen LogP contribution is -2.43. The van der Waals surface area contributed by atoms with Crippen LogP contribution in [0.25, 0.3) is 0 Å². The van der Waals surface area contributed by atoms with Crippen LogP contribution in [0, 0.1) is 0 Å². The first-order valence-electron chi connectivity index (χ1n) is 11.6. The predicted molar refractivity (Wildman–Crippen MR) is 137 cm³/mol. The molecule has 0 saturated carbocycles. The fraction of sp³-hybridized carbons (Fsp3) is 0.214. The molecule has 0 unspecified atom stereocenters. The van der Waals surface area contributed by atoms with E-state index in [0.717, 1.165) is 0 Å². The molecule has 4 rings (SSSR count). The van der Waals surface area contributed by atoms with Crippen LogP contribution in [0.2, 0.25) is 0 Å². The lowest BCUT2D eigenvalue weighted by molar-refractivity contribution is -0.137. The Morgan fingerprint density at radius 1 is 0.917 bits per heavy atom. The molecule has 0 atom stereocenters. The van der Waals surface area contributed by atoms with Crippen molar-refractivity contribution in [1.82, 2.24) is 4.90 Å². The molecule has 1 heterocycles. The summed E-state index contributed by atoms with van der Waals surface area (Å²) in [5, 5.41) is 8.44. The smallest absolute Gasteiger partial charge is 0.260 e. The summed E-state index contributed by atoms with van der Waals surface area (Å²) in [6, 6.07) is 23.4. The third-order valence-electron chi connectivity index (χ3n) is 5.57. The molecule has 8 nitrogen and oxygen atoms in total. The minimum atomic E-state index is -0.217. The molecule has 1 fully saturated rings. The molecule has 0 radical (unpaired) electrons. The Hall–Kier alpha value is -4.30. The van der Waals surface area contributed by atoms with E-state index >= 15 is 0 Å². The van der Waals surface area contributed by atoms with Crippen molar-refractivity contribution in [3.63, 3.8) is 0 Å². The zero-order valence-corrected chi connectivity index (χ0v) is 20.0. The molecular weight excluding hydrogens is 458 g/mol. The van der Waals surface area contributed by atoms with Crippen molar-refractivity contribution in [2.75, 3.05) is 40.0 Å². The van der Waals surface area contributed by atoms with Gasteiger partial charge in [0.2, 0.25) is 5.78 Å². The zero-order chi connectivity index (χ0) is 25.2. The SMILES string of the molecule is COc1cc(/C=N/N=C(/C(=O)c2ccccc2)c2ccccc2)ccc1OCC(=O)N1CCOCC1. The van der Waals surface area contributed by atoms with Gasteiger partial charge in [-0.05, 0) is 23.8 Å². The van der Waals surface area contributed by atoms with Gasteiger partial charge < -0.3 is 19.1 Å². The first kappa shape index (κ1) is 24.8. The first-order chi connectivity index (χ1) is 17.7. The van der Waals surface area contributed by atoms with Crippen LogP contribution in [0.1, 0.15) is 21.5 Å². The maximum absolute atomic E-state index is 13.1. The molecular formula is C28H27N3O5. The number of Topliss-reactive ketones (excluding diaryl/α,β-unsaturated/α-hetero) is 1. The van der Waals surface area contributed by atoms with Gasteiger partial charge in [0.15, 0.2) is 18.1 Å². The number of carbonyl (C=O) groups excluding carboxylic acids is 2. The van der Waals surface area contributed by atoms with E-state index in [-0.39, 0.29) is 24.0 Å². The highest BCUT2D eigenvalue weighted by molar-refractivity contribution is 6.51. The van der Waals surface area contributed by atoms with Gasteiger partial charge in [-0.3, -0.25) is 9.59 Å². The van der Waals surface area contributed by atoms with Gasteiger partial charge in [0.1, 0.15) is 5.71 Å². The van der Waals surface area contributed by atoms with E-state index < -0.39 is 0 Å². The van der Waals surface area contributed by atoms with Crippen LogP contribution in [-0.2, 0) is 9.53 Å². The van der Waals surface area contributed by atoms with Crippen molar-refractivity contribution in [3.8, 4) is 11.5 Å². The number of morpholine rings is 1. The summed E-state index contributed by atoms with van der Waals surface area (Å²) in [6.07, 6.45) is 1.53. The predicted octanol–water partition coefficient (Wildman–Crippen LogP) is 3.64. The van der Waals surface area contributed by atoms with E-state index in [1.165, 1.54) is 13.3 Å². The van der Waals surface area contributed by atoms with Gasteiger partial charge in [0.05, 0.1) is 26.5 Å². The number of rotatable bonds is 9. The number of ether oxygens (including phenoxy) is 3. The molecule has 1 amide bonds. The summed E-state index contributed by atoms with van der Waals surface area (Å²) in [5.74, 6) is 0.590. The maximum Gasteiger partial charge on any atom is 0.260 e. The number of amides is 1. The first-order valence-corrected chi connectivity index (χ1v) is 11.6. The number of nitrogens with zero attached hydrogens (tertiary/aromatic N) is 3. The molecule has 1 saturated heterocycles. The standard InChI is InChI=1S/C28H27N3O5/c1-34-25-18-21(12-13-24(25)36-20-26(32)31-14-16-35-17-15-31)19-29-30-27(22-8-4-2-5-9-22)28(33)23-10-6-3-7-11-23/h2-13,18-19H,14-17,20H2,1H3/b29-19+,30-27+. The summed E-state index contributed by atoms with van der Waals surface area (Å²) < 4.78 is 16.4. The van der Waals surface area contributed by atoms with Crippen LogP contribution < -0.4 is 9.47 Å². The number of benzene rings is 3. The third kappa shape index (κ3) is 6.43. The Balaban J connectivity index is 1.49. The largest absolute Gasteiger partial charge is 0.493 e. The highest BCUT2D eigenvalue weighted by Gasteiger charge is 2.18. The van der Waals surface area contributed by atoms with Crippen molar-refractivity contribution in [3.05, 3.63) is 95.6 Å². The van der Waals surface area contributed by atoms with Crippen LogP contribution in [-0.4, -0.2) is 68.5 Å². The van der Waals surface area contributed by atoms with Gasteiger partial charge in [-0.15, -0.1) is 5.10 Å². The molecule has 184 valence electrons. The van der Waals surface area contributed by atoms with Crippen LogP contribution >= 0.6 is 0 Å². The molecule has 1 aliphatic rings. The molecule has 1 aliphatic heterocycles. The van der Waals surface area contributed by atoms with Crippen LogP contribution in [0.15, 0.2) is 89.1 Å². The van der Waals surface area contributed by atoms with E-state index in [1.807, 2.05) is 48.5 Å². The van der Waals surface area contributed by atoms with Gasteiger partial charge in [0, 0.05) is 24.2 Å². The number of hydrogen-bond acceptors (Lipinski definition) is 7. The highest BCUT2D eigenvalue weighted by Crippen LogP contribution is 2.27. The van der Waals surface area contributed by atoms with Crippen LogP contribution in [0.3, 0.4) is 0 Å². The maximum atomic E-state index is 13.1. The average Bonchev–Trinajstić information content (AvgIpc) is 2.95. The summed E-state index contributed by atoms with van der Waals surface area (Å²) in [4.78, 5) is 27.2. The Morgan fingerprint density at radius 2 is 1.58 bits per heavy atom. The van der Waals surface area contributed by atoms with Gasteiger partial charge in [0.25, 0.3) is 5.91 Å². The van der Waals surface area contributed by atoms with E-state index in [4.69, 9.17) is 14.2 Å². The van der Waals surface area contributed by atoms with Crippen molar-refractivity contribution in [2.45, 2.75) is 0 Å². The van der Waals surface area contributed by atoms with E-state index in [2.05, 4.69) is 10.2 Å². The van der Waals surface area contributed by atoms with Gasteiger partial charge in [-0.2, -0.15) is 5.10 Å². The summed E-state index contributed by atoms with van der Waals surface area (Å²) in [7, 11) is 1.52. The van der Waals surface area contributed by atoms with Crippen LogP contribution in [0.4, 0.5) is 0 Å². The molecule has 0 spiro atoms. The number of hydrogen-bond donors (Lipinski definition) is 0. The Kier molecular flexibility index (Phi) is 8.56.